The van der Waals surface area contributed by atoms with Crippen molar-refractivity contribution < 1.29 is 31.1 Å². The predicted molar refractivity (Wildman–Crippen MR) is 39.5 cm³/mol. The second kappa shape index (κ2) is 4.11. The molecule has 88 valence electrons. The number of pyridine rings is 1. The fraction of sp³-hybridized carbons (Fsp3) is 0.250. The molecular weight excluding hydrogens is 240 g/mol. The zero-order valence-electron chi connectivity index (χ0n) is 7.36. The lowest BCUT2D eigenvalue weighted by Crippen LogP contribution is -2.14. The van der Waals surface area contributed by atoms with E-state index in [1.54, 1.807) is 0 Å². The summed E-state index contributed by atoms with van der Waals surface area (Å²) in [5, 5.41) is 0. The van der Waals surface area contributed by atoms with Crippen molar-refractivity contribution in [3.8, 4) is 0 Å². The van der Waals surface area contributed by atoms with Crippen LogP contribution in [0.15, 0.2) is 6.07 Å². The number of halogens is 6. The molecule has 0 aliphatic rings. The highest BCUT2D eigenvalue weighted by molar-refractivity contribution is 5.74. The van der Waals surface area contributed by atoms with Crippen LogP contribution in [-0.2, 0) is 6.18 Å². The van der Waals surface area contributed by atoms with Crippen molar-refractivity contribution in [2.24, 2.45) is 0 Å². The Balaban J connectivity index is 3.43. The van der Waals surface area contributed by atoms with E-state index in [0.29, 0.717) is 0 Å². The van der Waals surface area contributed by atoms with Crippen molar-refractivity contribution in [2.75, 3.05) is 0 Å². The number of hydrogen-bond donors (Lipinski definition) is 0. The van der Waals surface area contributed by atoms with Gasteiger partial charge < -0.3 is 0 Å². The molecule has 1 aromatic rings. The highest BCUT2D eigenvalue weighted by Crippen LogP contribution is 2.32. The summed E-state index contributed by atoms with van der Waals surface area (Å²) in [5.41, 5.74) is -4.27. The molecule has 0 fully saturated rings. The molecule has 0 amide bonds. The van der Waals surface area contributed by atoms with E-state index in [1.807, 2.05) is 0 Å². The summed E-state index contributed by atoms with van der Waals surface area (Å²) in [6, 6.07) is -0.0375. The number of nitrogens with zero attached hydrogens (tertiary/aromatic N) is 1. The largest absolute Gasteiger partial charge is 0.436 e. The van der Waals surface area contributed by atoms with Crippen LogP contribution in [0.3, 0.4) is 0 Å². The van der Waals surface area contributed by atoms with Gasteiger partial charge in [0.2, 0.25) is 0 Å². The standard InChI is InChI=1S/C8H3F6NO/c9-4-1-3(7(10)11)5(2-16)15-6(4)8(12,13)14/h1-2,7H. The van der Waals surface area contributed by atoms with Crippen LogP contribution >= 0.6 is 0 Å². The van der Waals surface area contributed by atoms with E-state index >= 15 is 0 Å². The smallest absolute Gasteiger partial charge is 0.296 e. The minimum absolute atomic E-state index is 0.0375. The molecule has 0 bridgehead atoms. The summed E-state index contributed by atoms with van der Waals surface area (Å²) in [5.74, 6) is -1.94. The van der Waals surface area contributed by atoms with Gasteiger partial charge in [0.1, 0.15) is 5.69 Å². The van der Waals surface area contributed by atoms with Gasteiger partial charge in [0, 0.05) is 5.56 Å². The molecule has 1 rings (SSSR count). The Bertz CT molecular complexity index is 414. The van der Waals surface area contributed by atoms with Gasteiger partial charge in [-0.05, 0) is 6.07 Å². The molecule has 16 heavy (non-hydrogen) atoms. The van der Waals surface area contributed by atoms with Crippen molar-refractivity contribution in [1.82, 2.24) is 4.98 Å². The highest BCUT2D eigenvalue weighted by atomic mass is 19.4. The molecular formula is C8H3F6NO. The average molecular weight is 243 g/mol. The Morgan fingerprint density at radius 2 is 1.88 bits per heavy atom. The zero-order chi connectivity index (χ0) is 12.5. The first-order valence-corrected chi connectivity index (χ1v) is 3.78. The fourth-order valence-electron chi connectivity index (χ4n) is 0.985. The third-order valence-electron chi connectivity index (χ3n) is 1.65. The number of aromatic nitrogens is 1. The second-order valence-corrected chi connectivity index (χ2v) is 2.71. The first kappa shape index (κ1) is 12.5. The molecule has 0 N–H and O–H groups in total. The van der Waals surface area contributed by atoms with Gasteiger partial charge in [0.15, 0.2) is 17.8 Å². The molecule has 0 aromatic carbocycles. The van der Waals surface area contributed by atoms with Gasteiger partial charge in [0.25, 0.3) is 6.43 Å². The van der Waals surface area contributed by atoms with E-state index in [1.165, 1.54) is 0 Å². The third kappa shape index (κ3) is 2.31. The molecule has 1 heterocycles. The zero-order valence-corrected chi connectivity index (χ0v) is 7.36. The molecule has 0 aliphatic heterocycles. The van der Waals surface area contributed by atoms with Crippen LogP contribution in [0, 0.1) is 5.82 Å². The predicted octanol–water partition coefficient (Wildman–Crippen LogP) is 2.99. The number of hydrogen-bond acceptors (Lipinski definition) is 2. The lowest BCUT2D eigenvalue weighted by Gasteiger charge is -2.10. The van der Waals surface area contributed by atoms with Gasteiger partial charge in [-0.1, -0.05) is 0 Å². The minimum Gasteiger partial charge on any atom is -0.296 e. The molecule has 0 unspecified atom stereocenters. The summed E-state index contributed by atoms with van der Waals surface area (Å²) in [6.45, 7) is 0. The minimum atomic E-state index is -5.14. The molecule has 0 atom stereocenters. The lowest BCUT2D eigenvalue weighted by atomic mass is 10.1. The Morgan fingerprint density at radius 1 is 1.31 bits per heavy atom. The van der Waals surface area contributed by atoms with E-state index in [9.17, 15) is 31.1 Å². The molecule has 0 saturated carbocycles. The third-order valence-corrected chi connectivity index (χ3v) is 1.65. The van der Waals surface area contributed by atoms with E-state index < -0.39 is 35.4 Å². The van der Waals surface area contributed by atoms with Crippen LogP contribution in [0.1, 0.15) is 28.2 Å². The van der Waals surface area contributed by atoms with Crippen molar-refractivity contribution in [2.45, 2.75) is 12.6 Å². The SMILES string of the molecule is O=Cc1nc(C(F)(F)F)c(F)cc1C(F)F. The second-order valence-electron chi connectivity index (χ2n) is 2.71. The normalized spacial score (nSPS) is 11.9. The lowest BCUT2D eigenvalue weighted by molar-refractivity contribution is -0.143. The first-order chi connectivity index (χ1) is 7.27. The van der Waals surface area contributed by atoms with Crippen LogP contribution in [0.2, 0.25) is 0 Å². The quantitative estimate of drug-likeness (QED) is 0.590. The van der Waals surface area contributed by atoms with Crippen LogP contribution in [0.4, 0.5) is 26.3 Å². The molecule has 1 aromatic heterocycles. The van der Waals surface area contributed by atoms with Crippen molar-refractivity contribution >= 4 is 6.29 Å². The van der Waals surface area contributed by atoms with Crippen molar-refractivity contribution in [3.63, 3.8) is 0 Å². The summed E-state index contributed by atoms with van der Waals surface area (Å²) in [7, 11) is 0. The van der Waals surface area contributed by atoms with Gasteiger partial charge in [-0.2, -0.15) is 13.2 Å². The maximum Gasteiger partial charge on any atom is 0.436 e. The number of carbonyl (C=O) groups is 1. The molecule has 0 radical (unpaired) electrons. The number of carbonyl (C=O) groups excluding carboxylic acids is 1. The Kier molecular flexibility index (Phi) is 3.20. The van der Waals surface area contributed by atoms with Crippen molar-refractivity contribution in [1.29, 1.82) is 0 Å². The maximum atomic E-state index is 12.8. The Labute approximate surface area is 84.9 Å². The summed E-state index contributed by atoms with van der Waals surface area (Å²) < 4.78 is 73.4. The first-order valence-electron chi connectivity index (χ1n) is 3.78. The summed E-state index contributed by atoms with van der Waals surface area (Å²) >= 11 is 0. The summed E-state index contributed by atoms with van der Waals surface area (Å²) in [6.07, 6.45) is -8.69. The molecule has 8 heteroatoms. The van der Waals surface area contributed by atoms with E-state index in [-0.39, 0.29) is 12.4 Å². The Hall–Kier alpha value is -1.60. The Morgan fingerprint density at radius 3 is 2.25 bits per heavy atom. The van der Waals surface area contributed by atoms with E-state index in [0.717, 1.165) is 0 Å². The summed E-state index contributed by atoms with van der Waals surface area (Å²) in [4.78, 5) is 12.8. The number of rotatable bonds is 2. The number of aldehydes is 1. The molecule has 0 aliphatic carbocycles. The monoisotopic (exact) mass is 243 g/mol. The van der Waals surface area contributed by atoms with Gasteiger partial charge in [0.05, 0.1) is 0 Å². The van der Waals surface area contributed by atoms with Crippen LogP contribution in [0.25, 0.3) is 0 Å². The average Bonchev–Trinajstić information content (AvgIpc) is 2.15. The molecule has 0 saturated heterocycles. The van der Waals surface area contributed by atoms with Crippen LogP contribution < -0.4 is 0 Å². The fourth-order valence-corrected chi connectivity index (χ4v) is 0.985. The highest BCUT2D eigenvalue weighted by Gasteiger charge is 2.37. The van der Waals surface area contributed by atoms with E-state index in [2.05, 4.69) is 4.98 Å². The maximum absolute atomic E-state index is 12.8. The van der Waals surface area contributed by atoms with Crippen molar-refractivity contribution in [3.05, 3.63) is 28.8 Å². The van der Waals surface area contributed by atoms with Gasteiger partial charge in [-0.25, -0.2) is 18.2 Å². The molecule has 0 spiro atoms. The van der Waals surface area contributed by atoms with Gasteiger partial charge in [-0.15, -0.1) is 0 Å². The number of alkyl halides is 5. The van der Waals surface area contributed by atoms with E-state index in [4.69, 9.17) is 0 Å². The van der Waals surface area contributed by atoms with Gasteiger partial charge in [-0.3, -0.25) is 4.79 Å². The van der Waals surface area contributed by atoms with Crippen LogP contribution in [-0.4, -0.2) is 11.3 Å². The topological polar surface area (TPSA) is 30.0 Å². The van der Waals surface area contributed by atoms with Crippen LogP contribution in [0.5, 0.6) is 0 Å². The van der Waals surface area contributed by atoms with Gasteiger partial charge >= 0.3 is 6.18 Å². The molecule has 2 nitrogen and oxygen atoms in total.